The SMILES string of the molecule is CCC(C)c1ccc(-c2ccc(-c3ccc4c(c3)c3cc(-c5ccc(N(c6ccc(-c7ccccc7)cc6)c6ccc7c(c6)C(C)(C)c6ccccc6-7)cc5)ccc3n4-c3ccc(C)cc3)cc2)cc1. The van der Waals surface area contributed by atoms with Gasteiger partial charge < -0.3 is 9.47 Å². The Kier molecular flexibility index (Phi) is 10.7. The molecule has 1 aromatic heterocycles. The number of nitrogens with zero attached hydrogens (tertiary/aromatic N) is 2. The molecule has 0 aliphatic heterocycles. The van der Waals surface area contributed by atoms with Crippen molar-refractivity contribution in [3.8, 4) is 61.3 Å². The molecule has 1 aliphatic carbocycles. The average molecular weight is 901 g/mol. The fourth-order valence-corrected chi connectivity index (χ4v) is 11.0. The van der Waals surface area contributed by atoms with Gasteiger partial charge in [-0.15, -0.1) is 0 Å². The zero-order chi connectivity index (χ0) is 47.5. The lowest BCUT2D eigenvalue weighted by atomic mass is 9.82. The molecular weight excluding hydrogens is 845 g/mol. The predicted molar refractivity (Wildman–Crippen MR) is 298 cm³/mol. The molecule has 0 amide bonds. The first-order valence-electron chi connectivity index (χ1n) is 24.9. The summed E-state index contributed by atoms with van der Waals surface area (Å²) in [6.45, 7) is 11.4. The molecule has 12 rings (SSSR count). The highest BCUT2D eigenvalue weighted by molar-refractivity contribution is 6.11. The Hall–Kier alpha value is -8.20. The van der Waals surface area contributed by atoms with Crippen LogP contribution in [0.5, 0.6) is 0 Å². The standard InChI is InChI=1S/C68H56N2/c1-6-46(3)47-18-20-49(21-19-47)50-22-24-52(25-23-50)54-30-40-66-62(42-54)63-43-55(31-41-67(63)70(66)58-32-16-45(2)17-33-58)53-28-36-57(37-29-53)69(56-34-26-51(27-35-56)48-12-8-7-9-13-48)59-38-39-61-60-14-10-11-15-64(60)68(4,5)65(61)44-59/h7-44,46H,6H2,1-5H3. The van der Waals surface area contributed by atoms with Gasteiger partial charge in [-0.05, 0) is 164 Å². The van der Waals surface area contributed by atoms with Gasteiger partial charge in [-0.3, -0.25) is 0 Å². The van der Waals surface area contributed by atoms with Crippen LogP contribution in [0.15, 0.2) is 231 Å². The van der Waals surface area contributed by atoms with Gasteiger partial charge in [-0.25, -0.2) is 0 Å². The third-order valence-electron chi connectivity index (χ3n) is 15.2. The number of benzene rings is 10. The van der Waals surface area contributed by atoms with E-state index in [9.17, 15) is 0 Å². The zero-order valence-electron chi connectivity index (χ0n) is 40.6. The number of aromatic nitrogens is 1. The lowest BCUT2D eigenvalue weighted by molar-refractivity contribution is 0.660. The first-order valence-corrected chi connectivity index (χ1v) is 24.9. The molecule has 1 aliphatic rings. The van der Waals surface area contributed by atoms with Gasteiger partial charge in [0.2, 0.25) is 0 Å². The molecule has 0 bridgehead atoms. The van der Waals surface area contributed by atoms with Crippen molar-refractivity contribution in [2.45, 2.75) is 52.4 Å². The highest BCUT2D eigenvalue weighted by Gasteiger charge is 2.35. The van der Waals surface area contributed by atoms with E-state index in [-0.39, 0.29) is 5.41 Å². The number of aryl methyl sites for hydroxylation is 1. The second-order valence-corrected chi connectivity index (χ2v) is 19.8. The summed E-state index contributed by atoms with van der Waals surface area (Å²) in [7, 11) is 0. The van der Waals surface area contributed by atoms with Gasteiger partial charge in [0.05, 0.1) is 11.0 Å². The van der Waals surface area contributed by atoms with Crippen LogP contribution in [-0.2, 0) is 5.41 Å². The lowest BCUT2D eigenvalue weighted by Gasteiger charge is -2.28. The fraction of sp³-hybridized carbons (Fsp3) is 0.118. The maximum absolute atomic E-state index is 2.42. The molecule has 1 unspecified atom stereocenters. The molecule has 0 saturated carbocycles. The summed E-state index contributed by atoms with van der Waals surface area (Å²) in [5.41, 5.74) is 24.5. The summed E-state index contributed by atoms with van der Waals surface area (Å²) in [6, 6.07) is 85.8. The maximum Gasteiger partial charge on any atom is 0.0541 e. The number of hydrogen-bond acceptors (Lipinski definition) is 1. The molecule has 0 spiro atoms. The van der Waals surface area contributed by atoms with Crippen LogP contribution in [0.4, 0.5) is 17.1 Å². The van der Waals surface area contributed by atoms with Crippen molar-refractivity contribution in [1.82, 2.24) is 4.57 Å². The smallest absolute Gasteiger partial charge is 0.0541 e. The van der Waals surface area contributed by atoms with Crippen molar-refractivity contribution < 1.29 is 0 Å². The molecule has 0 radical (unpaired) electrons. The Bertz CT molecular complexity index is 3690. The molecule has 10 aromatic carbocycles. The van der Waals surface area contributed by atoms with Crippen LogP contribution in [0.2, 0.25) is 0 Å². The normalized spacial score (nSPS) is 13.0. The molecule has 0 fully saturated rings. The number of fused-ring (bicyclic) bond motifs is 6. The Morgan fingerprint density at radius 2 is 0.857 bits per heavy atom. The summed E-state index contributed by atoms with van der Waals surface area (Å²) in [4.78, 5) is 2.41. The molecule has 11 aromatic rings. The zero-order valence-corrected chi connectivity index (χ0v) is 40.6. The third-order valence-corrected chi connectivity index (χ3v) is 15.2. The molecule has 338 valence electrons. The van der Waals surface area contributed by atoms with E-state index in [2.05, 4.69) is 275 Å². The van der Waals surface area contributed by atoms with Crippen LogP contribution in [0.3, 0.4) is 0 Å². The predicted octanol–water partition coefficient (Wildman–Crippen LogP) is 19.0. The quantitative estimate of drug-likeness (QED) is 0.133. The van der Waals surface area contributed by atoms with Crippen LogP contribution in [-0.4, -0.2) is 4.57 Å². The van der Waals surface area contributed by atoms with E-state index in [4.69, 9.17) is 0 Å². The van der Waals surface area contributed by atoms with Crippen molar-refractivity contribution in [2.24, 2.45) is 0 Å². The number of rotatable bonds is 10. The van der Waals surface area contributed by atoms with Gasteiger partial charge in [-0.2, -0.15) is 0 Å². The summed E-state index contributed by atoms with van der Waals surface area (Å²) in [6.07, 6.45) is 1.15. The number of anilines is 3. The average Bonchev–Trinajstić information content (AvgIpc) is 3.86. The second kappa shape index (κ2) is 17.4. The van der Waals surface area contributed by atoms with Crippen LogP contribution in [0.1, 0.15) is 62.3 Å². The monoisotopic (exact) mass is 900 g/mol. The van der Waals surface area contributed by atoms with Crippen molar-refractivity contribution in [2.75, 3.05) is 4.90 Å². The van der Waals surface area contributed by atoms with E-state index in [1.807, 2.05) is 0 Å². The van der Waals surface area contributed by atoms with E-state index < -0.39 is 0 Å². The van der Waals surface area contributed by atoms with Gasteiger partial charge in [0.1, 0.15) is 0 Å². The summed E-state index contributed by atoms with van der Waals surface area (Å²) in [5, 5.41) is 2.47. The van der Waals surface area contributed by atoms with Crippen LogP contribution in [0.25, 0.3) is 83.1 Å². The third kappa shape index (κ3) is 7.52. The van der Waals surface area contributed by atoms with E-state index in [1.54, 1.807) is 0 Å². The highest BCUT2D eigenvalue weighted by Crippen LogP contribution is 2.51. The fourth-order valence-electron chi connectivity index (χ4n) is 11.0. The van der Waals surface area contributed by atoms with Crippen LogP contribution >= 0.6 is 0 Å². The minimum absolute atomic E-state index is 0.110. The van der Waals surface area contributed by atoms with Crippen molar-refractivity contribution in [3.05, 3.63) is 253 Å². The maximum atomic E-state index is 2.42. The topological polar surface area (TPSA) is 8.17 Å². The Morgan fingerprint density at radius 3 is 1.41 bits per heavy atom. The minimum Gasteiger partial charge on any atom is -0.310 e. The van der Waals surface area contributed by atoms with Gasteiger partial charge in [-0.1, -0.05) is 191 Å². The van der Waals surface area contributed by atoms with Gasteiger partial charge in [0.15, 0.2) is 0 Å². The second-order valence-electron chi connectivity index (χ2n) is 19.8. The molecule has 2 heteroatoms. The van der Waals surface area contributed by atoms with Crippen molar-refractivity contribution in [3.63, 3.8) is 0 Å². The van der Waals surface area contributed by atoms with E-state index in [0.29, 0.717) is 5.92 Å². The Morgan fingerprint density at radius 1 is 0.414 bits per heavy atom. The van der Waals surface area contributed by atoms with Gasteiger partial charge >= 0.3 is 0 Å². The van der Waals surface area contributed by atoms with E-state index in [1.165, 1.54) is 99.7 Å². The van der Waals surface area contributed by atoms with Crippen molar-refractivity contribution in [1.29, 1.82) is 0 Å². The summed E-state index contributed by atoms with van der Waals surface area (Å²) < 4.78 is 2.42. The molecule has 0 saturated heterocycles. The van der Waals surface area contributed by atoms with E-state index >= 15 is 0 Å². The summed E-state index contributed by atoms with van der Waals surface area (Å²) >= 11 is 0. The van der Waals surface area contributed by atoms with Crippen LogP contribution < -0.4 is 4.90 Å². The first-order chi connectivity index (χ1) is 34.2. The largest absolute Gasteiger partial charge is 0.310 e. The molecule has 1 heterocycles. The highest BCUT2D eigenvalue weighted by atomic mass is 15.1. The molecule has 2 nitrogen and oxygen atoms in total. The molecular formula is C68H56N2. The van der Waals surface area contributed by atoms with Crippen molar-refractivity contribution >= 4 is 38.9 Å². The molecule has 0 N–H and O–H groups in total. The van der Waals surface area contributed by atoms with E-state index in [0.717, 1.165) is 29.2 Å². The molecule has 1 atom stereocenters. The Labute approximate surface area is 412 Å². The van der Waals surface area contributed by atoms with Crippen LogP contribution in [0, 0.1) is 6.92 Å². The van der Waals surface area contributed by atoms with Gasteiger partial charge in [0.25, 0.3) is 0 Å². The number of hydrogen-bond donors (Lipinski definition) is 0. The molecule has 70 heavy (non-hydrogen) atoms. The van der Waals surface area contributed by atoms with Gasteiger partial charge in [0, 0.05) is 38.9 Å². The lowest BCUT2D eigenvalue weighted by Crippen LogP contribution is -2.16. The minimum atomic E-state index is -0.110. The Balaban J connectivity index is 0.928. The summed E-state index contributed by atoms with van der Waals surface area (Å²) in [5.74, 6) is 0.569. The first kappa shape index (κ1) is 43.1.